The summed E-state index contributed by atoms with van der Waals surface area (Å²) in [4.78, 5) is 2.70. The molecular weight excluding hydrogens is 432 g/mol. The van der Waals surface area contributed by atoms with E-state index in [2.05, 4.69) is 43.0 Å². The first-order valence-electron chi connectivity index (χ1n) is 10.5. The van der Waals surface area contributed by atoms with Gasteiger partial charge < -0.3 is 9.47 Å². The SMILES string of the molecule is Cn1nnc(Oc2ccc3ccccc3c2-c2c(Oc3nnn(C)n3)ccc3ccccc23)n1. The molecule has 0 aliphatic rings. The van der Waals surface area contributed by atoms with Gasteiger partial charge in [-0.2, -0.15) is 9.59 Å². The van der Waals surface area contributed by atoms with Gasteiger partial charge in [-0.15, -0.1) is 0 Å². The molecule has 0 unspecified atom stereocenters. The van der Waals surface area contributed by atoms with Crippen LogP contribution in [0, 0.1) is 0 Å². The molecule has 0 atom stereocenters. The molecule has 0 aliphatic heterocycles. The Balaban J connectivity index is 1.65. The second kappa shape index (κ2) is 7.93. The van der Waals surface area contributed by atoms with Crippen molar-refractivity contribution in [3.63, 3.8) is 0 Å². The van der Waals surface area contributed by atoms with Crippen molar-refractivity contribution in [1.82, 2.24) is 40.4 Å². The van der Waals surface area contributed by atoms with E-state index in [-0.39, 0.29) is 12.0 Å². The topological polar surface area (TPSA) is 106 Å². The third kappa shape index (κ3) is 3.47. The normalized spacial score (nSPS) is 11.2. The number of hydrogen-bond donors (Lipinski definition) is 0. The summed E-state index contributed by atoms with van der Waals surface area (Å²) in [7, 11) is 3.37. The van der Waals surface area contributed by atoms with Gasteiger partial charge in [0.1, 0.15) is 11.5 Å². The highest BCUT2D eigenvalue weighted by molar-refractivity contribution is 6.09. The zero-order valence-corrected chi connectivity index (χ0v) is 18.3. The zero-order valence-electron chi connectivity index (χ0n) is 18.3. The van der Waals surface area contributed by atoms with Gasteiger partial charge in [0.25, 0.3) is 0 Å². The minimum absolute atomic E-state index is 0.150. The molecule has 0 radical (unpaired) electrons. The molecule has 0 amide bonds. The number of nitrogens with zero attached hydrogens (tertiary/aromatic N) is 8. The van der Waals surface area contributed by atoms with Gasteiger partial charge in [-0.1, -0.05) is 81.1 Å². The van der Waals surface area contributed by atoms with E-state index in [9.17, 15) is 0 Å². The van der Waals surface area contributed by atoms with Crippen molar-refractivity contribution in [2.75, 3.05) is 0 Å². The fraction of sp³-hybridized carbons (Fsp3) is 0.0833. The molecule has 6 rings (SSSR count). The molecule has 166 valence electrons. The summed E-state index contributed by atoms with van der Waals surface area (Å²) >= 11 is 0. The van der Waals surface area contributed by atoms with Gasteiger partial charge in [0.2, 0.25) is 0 Å². The van der Waals surface area contributed by atoms with Gasteiger partial charge in [-0.3, -0.25) is 0 Å². The lowest BCUT2D eigenvalue weighted by atomic mass is 9.92. The number of aromatic nitrogens is 8. The van der Waals surface area contributed by atoms with Crippen LogP contribution in [-0.4, -0.2) is 40.4 Å². The van der Waals surface area contributed by atoms with Crippen molar-refractivity contribution >= 4 is 21.5 Å². The molecule has 0 fully saturated rings. The average molecular weight is 450 g/mol. The van der Waals surface area contributed by atoms with Crippen LogP contribution in [0.3, 0.4) is 0 Å². The molecule has 6 aromatic rings. The highest BCUT2D eigenvalue weighted by Gasteiger charge is 2.21. The van der Waals surface area contributed by atoms with E-state index in [0.29, 0.717) is 11.5 Å². The van der Waals surface area contributed by atoms with E-state index in [0.717, 1.165) is 32.7 Å². The number of fused-ring (bicyclic) bond motifs is 2. The van der Waals surface area contributed by atoms with Gasteiger partial charge in [0.05, 0.1) is 14.1 Å². The highest BCUT2D eigenvalue weighted by atomic mass is 16.5. The summed E-state index contributed by atoms with van der Waals surface area (Å²) in [6.07, 6.45) is 0. The predicted molar refractivity (Wildman–Crippen MR) is 125 cm³/mol. The Labute approximate surface area is 193 Å². The third-order valence-corrected chi connectivity index (χ3v) is 5.41. The lowest BCUT2D eigenvalue weighted by molar-refractivity contribution is 0.435. The lowest BCUT2D eigenvalue weighted by Crippen LogP contribution is -1.97. The molecule has 0 bridgehead atoms. The van der Waals surface area contributed by atoms with Gasteiger partial charge in [-0.25, -0.2) is 0 Å². The molecule has 10 heteroatoms. The lowest BCUT2D eigenvalue weighted by Gasteiger charge is -2.17. The maximum absolute atomic E-state index is 6.14. The minimum Gasteiger partial charge on any atom is -0.421 e. The van der Waals surface area contributed by atoms with Crippen molar-refractivity contribution < 1.29 is 9.47 Å². The van der Waals surface area contributed by atoms with Crippen molar-refractivity contribution in [3.8, 4) is 34.6 Å². The third-order valence-electron chi connectivity index (χ3n) is 5.41. The van der Waals surface area contributed by atoms with Crippen molar-refractivity contribution in [1.29, 1.82) is 0 Å². The Morgan fingerprint density at radius 2 is 1.00 bits per heavy atom. The maximum atomic E-state index is 6.14. The Morgan fingerprint density at radius 1 is 0.559 bits per heavy atom. The van der Waals surface area contributed by atoms with Crippen molar-refractivity contribution in [3.05, 3.63) is 72.8 Å². The molecule has 0 aliphatic carbocycles. The molecular formula is C24H18N8O2. The summed E-state index contributed by atoms with van der Waals surface area (Å²) in [6, 6.07) is 24.3. The average Bonchev–Trinajstić information content (AvgIpc) is 3.46. The number of benzene rings is 4. The van der Waals surface area contributed by atoms with Gasteiger partial charge in [-0.05, 0) is 44.1 Å². The zero-order chi connectivity index (χ0) is 23.1. The van der Waals surface area contributed by atoms with Crippen LogP contribution in [0.5, 0.6) is 23.5 Å². The predicted octanol–water partition coefficient (Wildman–Crippen LogP) is 4.29. The van der Waals surface area contributed by atoms with E-state index >= 15 is 0 Å². The molecule has 0 spiro atoms. The number of rotatable bonds is 5. The minimum atomic E-state index is 0.150. The van der Waals surface area contributed by atoms with Crippen molar-refractivity contribution in [2.24, 2.45) is 14.1 Å². The molecule has 34 heavy (non-hydrogen) atoms. The molecule has 0 saturated heterocycles. The quantitative estimate of drug-likeness (QED) is 0.383. The first-order chi connectivity index (χ1) is 16.7. The fourth-order valence-electron chi connectivity index (χ4n) is 4.00. The van der Waals surface area contributed by atoms with Crippen LogP contribution in [0.4, 0.5) is 0 Å². The second-order valence-electron chi connectivity index (χ2n) is 7.65. The maximum Gasteiger partial charge on any atom is 0.361 e. The number of tetrazole rings is 2. The Hall–Kier alpha value is -4.86. The fourth-order valence-corrected chi connectivity index (χ4v) is 4.00. The number of ether oxygens (including phenoxy) is 2. The standard InChI is InChI=1S/C24H18N8O2/c1-31-27-23(25-29-31)33-19-13-11-15-7-3-5-9-17(15)21(19)22-18-10-6-4-8-16(18)12-14-20(22)34-24-26-30-32(2)28-24/h3-14H,1-2H3. The Bertz CT molecular complexity index is 1530. The molecule has 2 heterocycles. The monoisotopic (exact) mass is 450 g/mol. The molecule has 0 N–H and O–H groups in total. The van der Waals surface area contributed by atoms with Gasteiger partial charge in [0, 0.05) is 11.1 Å². The molecule has 4 aromatic carbocycles. The summed E-state index contributed by atoms with van der Waals surface area (Å²) in [6.45, 7) is 0. The van der Waals surface area contributed by atoms with Gasteiger partial charge in [0.15, 0.2) is 0 Å². The summed E-state index contributed by atoms with van der Waals surface area (Å²) in [5.41, 5.74) is 1.67. The van der Waals surface area contributed by atoms with E-state index in [1.807, 2.05) is 60.7 Å². The smallest absolute Gasteiger partial charge is 0.361 e. The van der Waals surface area contributed by atoms with Crippen LogP contribution in [0.25, 0.3) is 32.7 Å². The molecule has 2 aromatic heterocycles. The largest absolute Gasteiger partial charge is 0.421 e. The Kier molecular flexibility index (Phi) is 4.61. The number of aryl methyl sites for hydroxylation is 2. The Morgan fingerprint density at radius 3 is 1.41 bits per heavy atom. The van der Waals surface area contributed by atoms with Crippen LogP contribution in [-0.2, 0) is 14.1 Å². The van der Waals surface area contributed by atoms with Crippen LogP contribution in [0.15, 0.2) is 72.8 Å². The number of hydrogen-bond acceptors (Lipinski definition) is 8. The highest BCUT2D eigenvalue weighted by Crippen LogP contribution is 2.46. The van der Waals surface area contributed by atoms with E-state index in [1.54, 1.807) is 14.1 Å². The van der Waals surface area contributed by atoms with Crippen LogP contribution in [0.1, 0.15) is 0 Å². The van der Waals surface area contributed by atoms with E-state index in [4.69, 9.17) is 9.47 Å². The first-order valence-corrected chi connectivity index (χ1v) is 10.5. The molecule has 0 saturated carbocycles. The first kappa shape index (κ1) is 19.8. The van der Waals surface area contributed by atoms with Crippen LogP contribution < -0.4 is 9.47 Å². The summed E-state index contributed by atoms with van der Waals surface area (Å²) in [5.74, 6) is 1.14. The van der Waals surface area contributed by atoms with Gasteiger partial charge >= 0.3 is 12.0 Å². The van der Waals surface area contributed by atoms with E-state index < -0.39 is 0 Å². The van der Waals surface area contributed by atoms with Crippen molar-refractivity contribution in [2.45, 2.75) is 0 Å². The molecule has 10 nitrogen and oxygen atoms in total. The summed E-state index contributed by atoms with van der Waals surface area (Å²) in [5, 5.41) is 28.2. The second-order valence-corrected chi connectivity index (χ2v) is 7.65. The van der Waals surface area contributed by atoms with Crippen LogP contribution >= 0.6 is 0 Å². The van der Waals surface area contributed by atoms with Crippen LogP contribution in [0.2, 0.25) is 0 Å². The van der Waals surface area contributed by atoms with E-state index in [1.165, 1.54) is 9.59 Å². The summed E-state index contributed by atoms with van der Waals surface area (Å²) < 4.78 is 12.3.